The first-order valence-corrected chi connectivity index (χ1v) is 10.5. The normalized spacial score (nSPS) is 21.3. The Morgan fingerprint density at radius 2 is 2.04 bits per heavy atom. The van der Waals surface area contributed by atoms with Crippen molar-refractivity contribution in [1.29, 1.82) is 0 Å². The molecule has 0 saturated carbocycles. The van der Waals surface area contributed by atoms with Gasteiger partial charge in [0, 0.05) is 31.9 Å². The summed E-state index contributed by atoms with van der Waals surface area (Å²) in [6, 6.07) is 6.18. The largest absolute Gasteiger partial charge is 0.449 e. The first kappa shape index (κ1) is 20.6. The molecule has 0 spiro atoms. The van der Waals surface area contributed by atoms with Gasteiger partial charge in [0.1, 0.15) is 0 Å². The van der Waals surface area contributed by atoms with Crippen LogP contribution in [0.3, 0.4) is 0 Å². The second-order valence-corrected chi connectivity index (χ2v) is 7.71. The average Bonchev–Trinajstić information content (AvgIpc) is 2.76. The number of piperidine rings is 2. The number of hydrogen-bond acceptors (Lipinski definition) is 5. The van der Waals surface area contributed by atoms with Gasteiger partial charge < -0.3 is 15.0 Å². The molecular weight excluding hydrogens is 356 g/mol. The number of likely N-dealkylation sites (tertiary alicyclic amines) is 2. The van der Waals surface area contributed by atoms with Crippen LogP contribution in [0.5, 0.6) is 0 Å². The van der Waals surface area contributed by atoms with Gasteiger partial charge in [-0.15, -0.1) is 0 Å². The maximum absolute atomic E-state index is 12.6. The molecule has 1 N–H and O–H groups in total. The van der Waals surface area contributed by atoms with Crippen molar-refractivity contribution in [2.75, 3.05) is 32.8 Å². The van der Waals surface area contributed by atoms with Crippen LogP contribution in [-0.2, 0) is 16.1 Å². The molecule has 0 aromatic carbocycles. The van der Waals surface area contributed by atoms with E-state index in [0.717, 1.165) is 64.0 Å². The van der Waals surface area contributed by atoms with Crippen molar-refractivity contribution in [3.63, 3.8) is 0 Å². The van der Waals surface area contributed by atoms with Gasteiger partial charge in [0.05, 0.1) is 24.8 Å². The van der Waals surface area contributed by atoms with Crippen molar-refractivity contribution < 1.29 is 14.3 Å². The third kappa shape index (κ3) is 5.67. The Bertz CT molecular complexity index is 632. The molecule has 7 nitrogen and oxygen atoms in total. The molecule has 0 unspecified atom stereocenters. The van der Waals surface area contributed by atoms with Crippen molar-refractivity contribution in [2.24, 2.45) is 5.92 Å². The lowest BCUT2D eigenvalue weighted by Crippen LogP contribution is -2.51. The molecular formula is C21H32N4O3. The quantitative estimate of drug-likeness (QED) is 0.810. The molecule has 3 heterocycles. The van der Waals surface area contributed by atoms with E-state index >= 15 is 0 Å². The lowest BCUT2D eigenvalue weighted by Gasteiger charge is -2.41. The molecule has 2 saturated heterocycles. The van der Waals surface area contributed by atoms with Crippen LogP contribution in [0.25, 0.3) is 0 Å². The number of nitrogens with zero attached hydrogens (tertiary/aromatic N) is 3. The summed E-state index contributed by atoms with van der Waals surface area (Å²) in [5.41, 5.74) is 0.880. The highest BCUT2D eigenvalue weighted by molar-refractivity contribution is 5.78. The van der Waals surface area contributed by atoms with E-state index in [2.05, 4.69) is 15.2 Å². The predicted molar refractivity (Wildman–Crippen MR) is 107 cm³/mol. The molecule has 0 radical (unpaired) electrons. The smallest absolute Gasteiger partial charge is 0.409 e. The highest BCUT2D eigenvalue weighted by Gasteiger charge is 2.32. The van der Waals surface area contributed by atoms with Crippen LogP contribution >= 0.6 is 0 Å². The van der Waals surface area contributed by atoms with E-state index in [-0.39, 0.29) is 17.9 Å². The molecule has 2 amide bonds. The van der Waals surface area contributed by atoms with Crippen molar-refractivity contribution in [3.05, 3.63) is 30.1 Å². The van der Waals surface area contributed by atoms with Crippen LogP contribution in [0.1, 0.15) is 44.7 Å². The second kappa shape index (κ2) is 10.4. The van der Waals surface area contributed by atoms with E-state index < -0.39 is 0 Å². The Labute approximate surface area is 167 Å². The summed E-state index contributed by atoms with van der Waals surface area (Å²) in [7, 11) is 0. The Kier molecular flexibility index (Phi) is 7.65. The number of pyridine rings is 1. The minimum Gasteiger partial charge on any atom is -0.449 e. The first-order chi connectivity index (χ1) is 13.7. The Hall–Kier alpha value is -2.15. The van der Waals surface area contributed by atoms with Gasteiger partial charge in [0.2, 0.25) is 5.91 Å². The molecule has 1 atom stereocenters. The molecule has 1 aromatic heterocycles. The minimum atomic E-state index is -0.189. The average molecular weight is 389 g/mol. The highest BCUT2D eigenvalue weighted by Crippen LogP contribution is 2.24. The molecule has 7 heteroatoms. The minimum absolute atomic E-state index is 0.0324. The van der Waals surface area contributed by atoms with Crippen LogP contribution in [0.15, 0.2) is 24.4 Å². The second-order valence-electron chi connectivity index (χ2n) is 7.71. The molecule has 28 heavy (non-hydrogen) atoms. The van der Waals surface area contributed by atoms with Crippen LogP contribution in [0, 0.1) is 5.92 Å². The van der Waals surface area contributed by atoms with Gasteiger partial charge in [-0.3, -0.25) is 14.7 Å². The zero-order chi connectivity index (χ0) is 19.8. The van der Waals surface area contributed by atoms with Gasteiger partial charge >= 0.3 is 6.09 Å². The highest BCUT2D eigenvalue weighted by atomic mass is 16.6. The fourth-order valence-corrected chi connectivity index (χ4v) is 4.07. The summed E-state index contributed by atoms with van der Waals surface area (Å²) in [6.07, 6.45) is 6.28. The van der Waals surface area contributed by atoms with Crippen molar-refractivity contribution >= 4 is 12.0 Å². The SMILES string of the molecule is CCCOC(=O)N1CCC(N2CCC[C@H](C(=O)NCc3ccccn3)C2)CC1. The molecule has 154 valence electrons. The van der Waals surface area contributed by atoms with Crippen molar-refractivity contribution in [2.45, 2.75) is 51.6 Å². The number of amides is 2. The van der Waals surface area contributed by atoms with E-state index in [1.807, 2.05) is 30.0 Å². The molecule has 0 aliphatic carbocycles. The maximum atomic E-state index is 12.6. The summed E-state index contributed by atoms with van der Waals surface area (Å²) in [4.78, 5) is 33.1. The third-order valence-corrected chi connectivity index (χ3v) is 5.66. The van der Waals surface area contributed by atoms with Crippen LogP contribution in [0.2, 0.25) is 0 Å². The summed E-state index contributed by atoms with van der Waals surface area (Å²) < 4.78 is 5.24. The number of ether oxygens (including phenoxy) is 1. The molecule has 2 aliphatic rings. The standard InChI is InChI=1S/C21H32N4O3/c1-2-14-28-21(27)24-12-8-19(9-13-24)25-11-5-6-17(16-25)20(26)23-15-18-7-3-4-10-22-18/h3-4,7,10,17,19H,2,5-6,8-9,11-16H2,1H3,(H,23,26)/t17-/m0/s1. The molecule has 2 aliphatic heterocycles. The van der Waals surface area contributed by atoms with Gasteiger partial charge in [-0.05, 0) is 50.8 Å². The van der Waals surface area contributed by atoms with E-state index in [4.69, 9.17) is 4.74 Å². The van der Waals surface area contributed by atoms with E-state index in [1.165, 1.54) is 0 Å². The summed E-state index contributed by atoms with van der Waals surface area (Å²) in [5, 5.41) is 3.04. The summed E-state index contributed by atoms with van der Waals surface area (Å²) in [6.45, 7) is 6.28. The van der Waals surface area contributed by atoms with Crippen LogP contribution in [0.4, 0.5) is 4.79 Å². The topological polar surface area (TPSA) is 74.8 Å². The third-order valence-electron chi connectivity index (χ3n) is 5.66. The van der Waals surface area contributed by atoms with E-state index in [1.54, 1.807) is 6.20 Å². The maximum Gasteiger partial charge on any atom is 0.409 e. The number of aromatic nitrogens is 1. The van der Waals surface area contributed by atoms with Gasteiger partial charge in [0.25, 0.3) is 0 Å². The Morgan fingerprint density at radius 3 is 2.75 bits per heavy atom. The van der Waals surface area contributed by atoms with E-state index in [0.29, 0.717) is 19.2 Å². The summed E-state index contributed by atoms with van der Waals surface area (Å²) >= 11 is 0. The number of hydrogen-bond donors (Lipinski definition) is 1. The molecule has 1 aromatic rings. The Morgan fingerprint density at radius 1 is 1.21 bits per heavy atom. The number of carbonyl (C=O) groups excluding carboxylic acids is 2. The van der Waals surface area contributed by atoms with Gasteiger partial charge in [-0.25, -0.2) is 4.79 Å². The first-order valence-electron chi connectivity index (χ1n) is 10.5. The molecule has 0 bridgehead atoms. The fraction of sp³-hybridized carbons (Fsp3) is 0.667. The van der Waals surface area contributed by atoms with Crippen LogP contribution in [-0.4, -0.2) is 65.6 Å². The number of nitrogens with one attached hydrogen (secondary N) is 1. The predicted octanol–water partition coefficient (Wildman–Crippen LogP) is 2.42. The zero-order valence-electron chi connectivity index (χ0n) is 16.8. The lowest BCUT2D eigenvalue weighted by atomic mass is 9.93. The van der Waals surface area contributed by atoms with Gasteiger partial charge in [0.15, 0.2) is 0 Å². The van der Waals surface area contributed by atoms with Crippen molar-refractivity contribution in [3.8, 4) is 0 Å². The number of carbonyl (C=O) groups is 2. The Balaban J connectivity index is 1.43. The van der Waals surface area contributed by atoms with E-state index in [9.17, 15) is 9.59 Å². The zero-order valence-corrected chi connectivity index (χ0v) is 16.8. The van der Waals surface area contributed by atoms with Crippen molar-refractivity contribution in [1.82, 2.24) is 20.1 Å². The van der Waals surface area contributed by atoms with Gasteiger partial charge in [-0.2, -0.15) is 0 Å². The summed E-state index contributed by atoms with van der Waals surface area (Å²) in [5.74, 6) is 0.154. The molecule has 3 rings (SSSR count). The van der Waals surface area contributed by atoms with Gasteiger partial charge in [-0.1, -0.05) is 13.0 Å². The van der Waals surface area contributed by atoms with Crippen LogP contribution < -0.4 is 5.32 Å². The fourth-order valence-electron chi connectivity index (χ4n) is 4.07. The lowest BCUT2D eigenvalue weighted by molar-refractivity contribution is -0.127. The molecule has 2 fully saturated rings. The monoisotopic (exact) mass is 388 g/mol. The number of rotatable bonds is 6.